The largest absolute Gasteiger partial charge is 0.494 e. The van der Waals surface area contributed by atoms with Crippen LogP contribution >= 0.6 is 11.8 Å². The Balaban J connectivity index is 1.67. The van der Waals surface area contributed by atoms with Crippen molar-refractivity contribution in [1.29, 1.82) is 0 Å². The summed E-state index contributed by atoms with van der Waals surface area (Å²) < 4.78 is 5.89. The lowest BCUT2D eigenvalue weighted by Gasteiger charge is -2.09. The minimum absolute atomic E-state index is 0.799. The Hall–Kier alpha value is -1.55. The second-order valence-electron chi connectivity index (χ2n) is 8.25. The first-order valence-electron chi connectivity index (χ1n) is 11.9. The van der Waals surface area contributed by atoms with E-state index in [1.54, 1.807) is 11.8 Å². The van der Waals surface area contributed by atoms with Crippen molar-refractivity contribution in [3.63, 3.8) is 0 Å². The van der Waals surface area contributed by atoms with Gasteiger partial charge in [-0.3, -0.25) is 0 Å². The molecule has 0 aliphatic heterocycles. The van der Waals surface area contributed by atoms with Crippen LogP contribution in [0.4, 0.5) is 0 Å². The summed E-state index contributed by atoms with van der Waals surface area (Å²) in [6.45, 7) is 7.66. The molecule has 4 heteroatoms. The smallest absolute Gasteiger partial charge is 0.187 e. The van der Waals surface area contributed by atoms with Crippen LogP contribution in [0.3, 0.4) is 0 Å². The van der Waals surface area contributed by atoms with Gasteiger partial charge in [0.15, 0.2) is 5.16 Å². The molecular formula is C26H40N2OS. The maximum Gasteiger partial charge on any atom is 0.187 e. The normalized spacial score (nSPS) is 12.1. The van der Waals surface area contributed by atoms with Crippen molar-refractivity contribution >= 4 is 11.8 Å². The Morgan fingerprint density at radius 2 is 1.53 bits per heavy atom. The van der Waals surface area contributed by atoms with Gasteiger partial charge in [-0.15, -0.1) is 0 Å². The molecule has 0 spiro atoms. The fourth-order valence-electron chi connectivity index (χ4n) is 3.32. The zero-order valence-corrected chi connectivity index (χ0v) is 20.1. The summed E-state index contributed by atoms with van der Waals surface area (Å²) in [5.41, 5.74) is 2.19. The Bertz CT molecular complexity index is 672. The van der Waals surface area contributed by atoms with Gasteiger partial charge in [0, 0.05) is 23.7 Å². The SMILES string of the molecule is CCCCCCCSc1ncc(-c2ccc(OCCCCC[C@@H](C)CC)cc2)cn1. The monoisotopic (exact) mass is 428 g/mol. The van der Waals surface area contributed by atoms with Gasteiger partial charge < -0.3 is 4.74 Å². The van der Waals surface area contributed by atoms with Gasteiger partial charge in [0.25, 0.3) is 0 Å². The molecule has 3 nitrogen and oxygen atoms in total. The van der Waals surface area contributed by atoms with Crippen molar-refractivity contribution in [2.75, 3.05) is 12.4 Å². The predicted octanol–water partition coefficient (Wildman–Crippen LogP) is 8.19. The fourth-order valence-corrected chi connectivity index (χ4v) is 4.10. The molecule has 2 rings (SSSR count). The first-order valence-corrected chi connectivity index (χ1v) is 12.9. The van der Waals surface area contributed by atoms with Crippen LogP contribution in [0.1, 0.15) is 85.0 Å². The van der Waals surface area contributed by atoms with Gasteiger partial charge in [-0.2, -0.15) is 0 Å². The van der Waals surface area contributed by atoms with Gasteiger partial charge in [-0.05, 0) is 36.5 Å². The van der Waals surface area contributed by atoms with Crippen molar-refractivity contribution in [2.24, 2.45) is 5.92 Å². The Kier molecular flexibility index (Phi) is 12.6. The molecule has 0 N–H and O–H groups in total. The molecule has 0 saturated carbocycles. The van der Waals surface area contributed by atoms with Crippen molar-refractivity contribution < 1.29 is 4.74 Å². The van der Waals surface area contributed by atoms with E-state index < -0.39 is 0 Å². The van der Waals surface area contributed by atoms with Crippen molar-refractivity contribution in [3.05, 3.63) is 36.7 Å². The van der Waals surface area contributed by atoms with Crippen LogP contribution in [0.2, 0.25) is 0 Å². The van der Waals surface area contributed by atoms with E-state index >= 15 is 0 Å². The van der Waals surface area contributed by atoms with Crippen LogP contribution in [0.5, 0.6) is 5.75 Å². The van der Waals surface area contributed by atoms with E-state index in [1.165, 1.54) is 57.8 Å². The lowest BCUT2D eigenvalue weighted by atomic mass is 10.0. The van der Waals surface area contributed by atoms with E-state index in [0.717, 1.165) is 46.7 Å². The Morgan fingerprint density at radius 3 is 2.23 bits per heavy atom. The topological polar surface area (TPSA) is 35.0 Å². The quantitative estimate of drug-likeness (QED) is 0.153. The first kappa shape index (κ1) is 24.7. The van der Waals surface area contributed by atoms with E-state index in [4.69, 9.17) is 4.74 Å². The van der Waals surface area contributed by atoms with Gasteiger partial charge >= 0.3 is 0 Å². The van der Waals surface area contributed by atoms with E-state index in [9.17, 15) is 0 Å². The molecule has 30 heavy (non-hydrogen) atoms. The number of benzene rings is 1. The Morgan fingerprint density at radius 1 is 0.833 bits per heavy atom. The molecule has 2 aromatic rings. The number of thioether (sulfide) groups is 1. The van der Waals surface area contributed by atoms with Crippen molar-refractivity contribution in [2.45, 2.75) is 90.1 Å². The van der Waals surface area contributed by atoms with Crippen LogP contribution < -0.4 is 4.74 Å². The van der Waals surface area contributed by atoms with Crippen LogP contribution in [0.25, 0.3) is 11.1 Å². The highest BCUT2D eigenvalue weighted by Crippen LogP contribution is 2.23. The lowest BCUT2D eigenvalue weighted by molar-refractivity contribution is 0.302. The number of hydrogen-bond donors (Lipinski definition) is 0. The highest BCUT2D eigenvalue weighted by Gasteiger charge is 2.03. The van der Waals surface area contributed by atoms with Gasteiger partial charge in [0.2, 0.25) is 0 Å². The molecule has 0 unspecified atom stereocenters. The number of aromatic nitrogens is 2. The van der Waals surface area contributed by atoms with Gasteiger partial charge in [0.05, 0.1) is 6.61 Å². The van der Waals surface area contributed by atoms with Crippen LogP contribution in [0, 0.1) is 5.92 Å². The molecule has 0 amide bonds. The summed E-state index contributed by atoms with van der Waals surface area (Å²) in [7, 11) is 0. The third-order valence-electron chi connectivity index (χ3n) is 5.60. The maximum absolute atomic E-state index is 5.89. The summed E-state index contributed by atoms with van der Waals surface area (Å²) in [4.78, 5) is 9.06. The third kappa shape index (κ3) is 9.97. The average molecular weight is 429 g/mol. The average Bonchev–Trinajstić information content (AvgIpc) is 2.79. The second-order valence-corrected chi connectivity index (χ2v) is 9.31. The molecule has 0 fully saturated rings. The molecule has 1 aromatic heterocycles. The summed E-state index contributed by atoms with van der Waals surface area (Å²) in [5, 5.41) is 0.877. The lowest BCUT2D eigenvalue weighted by Crippen LogP contribution is -1.98. The van der Waals surface area contributed by atoms with E-state index in [1.807, 2.05) is 24.5 Å². The molecule has 0 saturated heterocycles. The number of nitrogens with zero attached hydrogens (tertiary/aromatic N) is 2. The van der Waals surface area contributed by atoms with Crippen LogP contribution in [-0.2, 0) is 0 Å². The summed E-state index contributed by atoms with van der Waals surface area (Å²) in [5.74, 6) is 2.90. The standard InChI is InChI=1S/C26H40N2OS/c1-4-6-7-8-12-19-30-26-27-20-24(21-28-26)23-14-16-25(17-15-23)29-18-11-9-10-13-22(3)5-2/h14-17,20-22H,4-13,18-19H2,1-3H3/t22-/m0/s1. The second kappa shape index (κ2) is 15.3. The highest BCUT2D eigenvalue weighted by molar-refractivity contribution is 7.99. The minimum Gasteiger partial charge on any atom is -0.494 e. The van der Waals surface area contributed by atoms with Crippen LogP contribution in [0.15, 0.2) is 41.8 Å². The summed E-state index contributed by atoms with van der Waals surface area (Å²) >= 11 is 1.76. The third-order valence-corrected chi connectivity index (χ3v) is 6.56. The highest BCUT2D eigenvalue weighted by atomic mass is 32.2. The van der Waals surface area contributed by atoms with Crippen molar-refractivity contribution in [1.82, 2.24) is 9.97 Å². The van der Waals surface area contributed by atoms with Gasteiger partial charge in [-0.25, -0.2) is 9.97 Å². The number of hydrogen-bond acceptors (Lipinski definition) is 4. The zero-order chi connectivity index (χ0) is 21.4. The minimum atomic E-state index is 0.799. The molecule has 1 atom stereocenters. The number of rotatable bonds is 16. The molecule has 0 aliphatic rings. The van der Waals surface area contributed by atoms with Crippen LogP contribution in [-0.4, -0.2) is 22.3 Å². The van der Waals surface area contributed by atoms with E-state index in [2.05, 4.69) is 42.9 Å². The summed E-state index contributed by atoms with van der Waals surface area (Å²) in [6.07, 6.45) is 16.7. The fraction of sp³-hybridized carbons (Fsp3) is 0.615. The predicted molar refractivity (Wildman–Crippen MR) is 130 cm³/mol. The number of unbranched alkanes of at least 4 members (excludes halogenated alkanes) is 6. The molecule has 0 radical (unpaired) electrons. The molecule has 0 bridgehead atoms. The molecular weight excluding hydrogens is 388 g/mol. The Labute approximate surface area is 188 Å². The molecule has 0 aliphatic carbocycles. The molecule has 1 heterocycles. The van der Waals surface area contributed by atoms with Gasteiger partial charge in [0.1, 0.15) is 5.75 Å². The maximum atomic E-state index is 5.89. The number of ether oxygens (including phenoxy) is 1. The first-order chi connectivity index (χ1) is 14.7. The molecule has 1 aromatic carbocycles. The molecule has 166 valence electrons. The van der Waals surface area contributed by atoms with E-state index in [0.29, 0.717) is 0 Å². The zero-order valence-electron chi connectivity index (χ0n) is 19.2. The van der Waals surface area contributed by atoms with Crippen molar-refractivity contribution in [3.8, 4) is 16.9 Å². The van der Waals surface area contributed by atoms with E-state index in [-0.39, 0.29) is 0 Å². The van der Waals surface area contributed by atoms with Gasteiger partial charge in [-0.1, -0.05) is 96.0 Å². The summed E-state index contributed by atoms with van der Waals surface area (Å²) in [6, 6.07) is 8.29.